The summed E-state index contributed by atoms with van der Waals surface area (Å²) in [6.45, 7) is 2.82. The number of piperazine rings is 1. The summed E-state index contributed by atoms with van der Waals surface area (Å²) < 4.78 is 5.98. The van der Waals surface area contributed by atoms with Crippen molar-refractivity contribution in [3.63, 3.8) is 0 Å². The molecular formula is C24H27N7O2. The van der Waals surface area contributed by atoms with Gasteiger partial charge in [-0.1, -0.05) is 12.1 Å². The minimum absolute atomic E-state index is 0.0681. The van der Waals surface area contributed by atoms with E-state index in [1.807, 2.05) is 29.2 Å². The first-order valence-corrected chi connectivity index (χ1v) is 11.2. The van der Waals surface area contributed by atoms with Gasteiger partial charge in [0.1, 0.15) is 6.61 Å². The van der Waals surface area contributed by atoms with Crippen LogP contribution in [0.5, 0.6) is 5.75 Å². The zero-order chi connectivity index (χ0) is 22.6. The van der Waals surface area contributed by atoms with Gasteiger partial charge in [0.05, 0.1) is 5.69 Å². The number of carbonyl (C=O) groups excluding carboxylic acids is 1. The van der Waals surface area contributed by atoms with Crippen LogP contribution in [0.1, 0.15) is 30.0 Å². The fraction of sp³-hybridized carbons (Fsp3) is 0.333. The third-order valence-electron chi connectivity index (χ3n) is 5.91. The lowest BCUT2D eigenvalue weighted by molar-refractivity contribution is 0.208. The normalized spacial score (nSPS) is 15.9. The van der Waals surface area contributed by atoms with E-state index in [9.17, 15) is 4.79 Å². The second-order valence-corrected chi connectivity index (χ2v) is 8.32. The van der Waals surface area contributed by atoms with Gasteiger partial charge < -0.3 is 25.6 Å². The number of hydrogen-bond acceptors (Lipinski definition) is 7. The van der Waals surface area contributed by atoms with Crippen molar-refractivity contribution < 1.29 is 9.53 Å². The van der Waals surface area contributed by atoms with Crippen LogP contribution in [0.2, 0.25) is 0 Å². The van der Waals surface area contributed by atoms with E-state index in [1.165, 1.54) is 18.4 Å². The Hall–Kier alpha value is -3.88. The molecule has 1 aliphatic heterocycles. The molecule has 33 heavy (non-hydrogen) atoms. The van der Waals surface area contributed by atoms with Gasteiger partial charge in [0.25, 0.3) is 0 Å². The molecule has 0 bridgehead atoms. The molecule has 1 aromatic carbocycles. The minimum atomic E-state index is -0.0681. The van der Waals surface area contributed by atoms with Crippen LogP contribution in [0.4, 0.5) is 22.2 Å². The zero-order valence-electron chi connectivity index (χ0n) is 18.4. The van der Waals surface area contributed by atoms with Crippen LogP contribution in [0.3, 0.4) is 0 Å². The summed E-state index contributed by atoms with van der Waals surface area (Å²) in [5.74, 6) is 2.31. The number of nitrogens with two attached hydrogens (primary N) is 1. The van der Waals surface area contributed by atoms with Gasteiger partial charge in [0.2, 0.25) is 5.95 Å². The Morgan fingerprint density at radius 1 is 1.06 bits per heavy atom. The Morgan fingerprint density at radius 3 is 2.70 bits per heavy atom. The lowest BCUT2D eigenvalue weighted by atomic mass is 10.1. The quantitative estimate of drug-likeness (QED) is 0.599. The molecular weight excluding hydrogens is 418 g/mol. The van der Waals surface area contributed by atoms with Gasteiger partial charge in [0, 0.05) is 44.3 Å². The topological polar surface area (TPSA) is 109 Å². The van der Waals surface area contributed by atoms with E-state index >= 15 is 0 Å². The first-order valence-electron chi connectivity index (χ1n) is 11.2. The summed E-state index contributed by atoms with van der Waals surface area (Å²) in [5.41, 5.74) is 8.52. The molecule has 2 aromatic heterocycles. The summed E-state index contributed by atoms with van der Waals surface area (Å²) in [7, 11) is 0. The molecule has 170 valence electrons. The van der Waals surface area contributed by atoms with Gasteiger partial charge in [-0.25, -0.2) is 19.7 Å². The minimum Gasteiger partial charge on any atom is -0.483 e. The maximum Gasteiger partial charge on any atom is 0.321 e. The molecule has 3 N–H and O–H groups in total. The molecule has 5 rings (SSSR count). The fourth-order valence-corrected chi connectivity index (χ4v) is 3.99. The first kappa shape index (κ1) is 21.0. The molecule has 2 fully saturated rings. The number of ether oxygens (including phenoxy) is 1. The van der Waals surface area contributed by atoms with Gasteiger partial charge >= 0.3 is 6.03 Å². The Morgan fingerprint density at radius 2 is 1.91 bits per heavy atom. The van der Waals surface area contributed by atoms with Gasteiger partial charge in [-0.2, -0.15) is 0 Å². The van der Waals surface area contributed by atoms with E-state index in [1.54, 1.807) is 18.5 Å². The maximum atomic E-state index is 12.8. The molecule has 3 heterocycles. The van der Waals surface area contributed by atoms with Crippen LogP contribution in [-0.4, -0.2) is 52.1 Å². The summed E-state index contributed by atoms with van der Waals surface area (Å²) in [4.78, 5) is 29.4. The molecule has 2 aliphatic rings. The highest BCUT2D eigenvalue weighted by atomic mass is 16.5. The van der Waals surface area contributed by atoms with Crippen molar-refractivity contribution in [2.75, 3.05) is 42.1 Å². The molecule has 0 radical (unpaired) electrons. The standard InChI is InChI=1S/C24H27N7O2/c25-23-27-10-8-20(28-23)16-33-21-5-2-9-26-22(21)30-11-13-31(14-12-30)24(32)29-19-4-1-3-18(15-19)17-6-7-17/h1-5,8-10,15,17H,6-7,11-14,16H2,(H,29,32)(H2,25,27,28). The van der Waals surface area contributed by atoms with Crippen LogP contribution < -0.4 is 20.7 Å². The summed E-state index contributed by atoms with van der Waals surface area (Å²) in [6, 6.07) is 13.6. The average molecular weight is 446 g/mol. The predicted octanol–water partition coefficient (Wildman–Crippen LogP) is 3.26. The number of nitrogens with one attached hydrogen (secondary N) is 1. The van der Waals surface area contributed by atoms with Crippen molar-refractivity contribution in [3.8, 4) is 5.75 Å². The number of anilines is 3. The molecule has 9 heteroatoms. The zero-order valence-corrected chi connectivity index (χ0v) is 18.4. The summed E-state index contributed by atoms with van der Waals surface area (Å²) in [5, 5.41) is 3.05. The van der Waals surface area contributed by atoms with E-state index in [-0.39, 0.29) is 18.6 Å². The Balaban J connectivity index is 1.18. The average Bonchev–Trinajstić information content (AvgIpc) is 3.69. The van der Waals surface area contributed by atoms with Crippen LogP contribution in [0, 0.1) is 0 Å². The third kappa shape index (κ3) is 5.14. The number of urea groups is 1. The number of amides is 2. The van der Waals surface area contributed by atoms with E-state index in [4.69, 9.17) is 10.5 Å². The van der Waals surface area contributed by atoms with Crippen LogP contribution in [-0.2, 0) is 6.61 Å². The van der Waals surface area contributed by atoms with Crippen LogP contribution in [0.25, 0.3) is 0 Å². The van der Waals surface area contributed by atoms with Crippen molar-refractivity contribution in [2.24, 2.45) is 0 Å². The highest BCUT2D eigenvalue weighted by Gasteiger charge is 2.25. The van der Waals surface area contributed by atoms with E-state index < -0.39 is 0 Å². The van der Waals surface area contributed by atoms with E-state index in [2.05, 4.69) is 37.3 Å². The smallest absolute Gasteiger partial charge is 0.321 e. The largest absolute Gasteiger partial charge is 0.483 e. The van der Waals surface area contributed by atoms with Crippen molar-refractivity contribution in [1.29, 1.82) is 0 Å². The summed E-state index contributed by atoms with van der Waals surface area (Å²) in [6.07, 6.45) is 5.84. The number of hydrogen-bond donors (Lipinski definition) is 2. The number of aromatic nitrogens is 3. The number of carbonyl (C=O) groups is 1. The first-order chi connectivity index (χ1) is 16.2. The molecule has 2 amide bonds. The highest BCUT2D eigenvalue weighted by molar-refractivity contribution is 5.89. The Bertz CT molecular complexity index is 1130. The number of nitrogens with zero attached hydrogens (tertiary/aromatic N) is 5. The van der Waals surface area contributed by atoms with Gasteiger partial charge in [-0.05, 0) is 54.7 Å². The Labute approximate surface area is 192 Å². The number of pyridine rings is 1. The second kappa shape index (κ2) is 9.32. The second-order valence-electron chi connectivity index (χ2n) is 8.32. The van der Waals surface area contributed by atoms with Crippen molar-refractivity contribution in [3.05, 3.63) is 66.1 Å². The van der Waals surface area contributed by atoms with Crippen molar-refractivity contribution in [2.45, 2.75) is 25.4 Å². The van der Waals surface area contributed by atoms with Crippen LogP contribution >= 0.6 is 0 Å². The summed E-state index contributed by atoms with van der Waals surface area (Å²) >= 11 is 0. The monoisotopic (exact) mass is 445 g/mol. The number of nitrogen functional groups attached to an aromatic ring is 1. The van der Waals surface area contributed by atoms with Gasteiger partial charge in [-0.15, -0.1) is 0 Å². The van der Waals surface area contributed by atoms with Gasteiger partial charge in [0.15, 0.2) is 11.6 Å². The van der Waals surface area contributed by atoms with Crippen molar-refractivity contribution in [1.82, 2.24) is 19.9 Å². The van der Waals surface area contributed by atoms with Crippen LogP contribution in [0.15, 0.2) is 54.9 Å². The van der Waals surface area contributed by atoms with E-state index in [0.717, 1.165) is 11.5 Å². The van der Waals surface area contributed by atoms with Gasteiger partial charge in [-0.3, -0.25) is 0 Å². The van der Waals surface area contributed by atoms with Crippen molar-refractivity contribution >= 4 is 23.5 Å². The number of benzene rings is 1. The molecule has 1 aliphatic carbocycles. The number of rotatable bonds is 6. The molecule has 3 aromatic rings. The van der Waals surface area contributed by atoms with E-state index in [0.29, 0.717) is 43.5 Å². The third-order valence-corrected chi connectivity index (χ3v) is 5.91. The SMILES string of the molecule is Nc1nccc(COc2cccnc2N2CCN(C(=O)Nc3cccc(C4CC4)c3)CC2)n1. The molecule has 1 saturated heterocycles. The Kier molecular flexibility index (Phi) is 5.93. The molecule has 1 saturated carbocycles. The molecule has 0 unspecified atom stereocenters. The maximum absolute atomic E-state index is 12.8. The predicted molar refractivity (Wildman–Crippen MR) is 126 cm³/mol. The molecule has 0 spiro atoms. The highest BCUT2D eigenvalue weighted by Crippen LogP contribution is 2.40. The molecule has 9 nitrogen and oxygen atoms in total. The lowest BCUT2D eigenvalue weighted by Gasteiger charge is -2.35. The lowest BCUT2D eigenvalue weighted by Crippen LogP contribution is -2.50. The fourth-order valence-electron chi connectivity index (χ4n) is 3.99. The molecule has 0 atom stereocenters.